The van der Waals surface area contributed by atoms with Crippen LogP contribution in [0.4, 0.5) is 4.39 Å². The minimum atomic E-state index is -0.393. The summed E-state index contributed by atoms with van der Waals surface area (Å²) in [5.74, 6) is 0.224. The number of aromatic nitrogens is 3. The van der Waals surface area contributed by atoms with E-state index in [1.807, 2.05) is 13.8 Å². The molecule has 0 bridgehead atoms. The topological polar surface area (TPSA) is 30.2 Å². The molecule has 0 amide bonds. The molecule has 0 saturated carbocycles. The predicted molar refractivity (Wildman–Crippen MR) is 54.0 cm³/mol. The third-order valence-corrected chi connectivity index (χ3v) is 1.88. The lowest BCUT2D eigenvalue weighted by Crippen LogP contribution is -1.90. The summed E-state index contributed by atoms with van der Waals surface area (Å²) in [6, 6.07) is 1.21. The van der Waals surface area contributed by atoms with E-state index < -0.39 is 5.82 Å². The van der Waals surface area contributed by atoms with Gasteiger partial charge in [-0.1, -0.05) is 25.4 Å². The first-order valence-corrected chi connectivity index (χ1v) is 4.72. The van der Waals surface area contributed by atoms with E-state index >= 15 is 0 Å². The van der Waals surface area contributed by atoms with Crippen LogP contribution in [0, 0.1) is 12.7 Å². The summed E-state index contributed by atoms with van der Waals surface area (Å²) in [6.45, 7) is 5.73. The van der Waals surface area contributed by atoms with Gasteiger partial charge in [-0.2, -0.15) is 0 Å². The largest absolute Gasteiger partial charge is 0.282 e. The van der Waals surface area contributed by atoms with Gasteiger partial charge in [0.25, 0.3) is 0 Å². The maximum absolute atomic E-state index is 12.8. The number of fused-ring (bicyclic) bond motifs is 1. The molecular weight excluding hydrogens is 205 g/mol. The summed E-state index contributed by atoms with van der Waals surface area (Å²) in [4.78, 5) is 0. The highest BCUT2D eigenvalue weighted by molar-refractivity contribution is 6.33. The summed E-state index contributed by atoms with van der Waals surface area (Å²) in [5, 5.41) is 7.81. The number of aryl methyl sites for hydroxylation is 1. The second-order valence-electron chi connectivity index (χ2n) is 2.45. The van der Waals surface area contributed by atoms with E-state index in [2.05, 4.69) is 10.2 Å². The van der Waals surface area contributed by atoms with Crippen LogP contribution in [0.2, 0.25) is 5.02 Å². The summed E-state index contributed by atoms with van der Waals surface area (Å²) in [5.41, 5.74) is 0.482. The van der Waals surface area contributed by atoms with E-state index in [0.717, 1.165) is 0 Å². The molecule has 0 spiro atoms. The number of rotatable bonds is 0. The number of halogens is 2. The lowest BCUT2D eigenvalue weighted by Gasteiger charge is -1.95. The van der Waals surface area contributed by atoms with Crippen molar-refractivity contribution in [2.24, 2.45) is 0 Å². The molecular formula is C9H11ClFN3. The normalized spacial score (nSPS) is 9.79. The van der Waals surface area contributed by atoms with Crippen LogP contribution in [-0.2, 0) is 0 Å². The highest BCUT2D eigenvalue weighted by Gasteiger charge is 2.06. The van der Waals surface area contributed by atoms with Crippen molar-refractivity contribution < 1.29 is 4.39 Å². The maximum atomic E-state index is 12.8. The minimum absolute atomic E-state index is 0.274. The summed E-state index contributed by atoms with van der Waals surface area (Å²) < 4.78 is 14.3. The molecule has 3 nitrogen and oxygen atoms in total. The summed E-state index contributed by atoms with van der Waals surface area (Å²) >= 11 is 5.71. The molecule has 0 aliphatic heterocycles. The molecule has 0 radical (unpaired) electrons. The molecule has 2 aromatic rings. The van der Waals surface area contributed by atoms with Crippen LogP contribution in [0.15, 0.2) is 12.3 Å². The van der Waals surface area contributed by atoms with Gasteiger partial charge in [-0.15, -0.1) is 10.2 Å². The van der Waals surface area contributed by atoms with Crippen LogP contribution >= 0.6 is 11.6 Å². The van der Waals surface area contributed by atoms with Crippen molar-refractivity contribution in [1.82, 2.24) is 14.6 Å². The van der Waals surface area contributed by atoms with Crippen LogP contribution in [-0.4, -0.2) is 14.6 Å². The van der Waals surface area contributed by atoms with Crippen molar-refractivity contribution in [1.29, 1.82) is 0 Å². The molecule has 2 rings (SSSR count). The Morgan fingerprint density at radius 3 is 2.64 bits per heavy atom. The van der Waals surface area contributed by atoms with E-state index in [1.165, 1.54) is 16.7 Å². The Morgan fingerprint density at radius 2 is 2.00 bits per heavy atom. The smallest absolute Gasteiger partial charge is 0.179 e. The molecule has 0 aromatic carbocycles. The molecule has 0 unspecified atom stereocenters. The minimum Gasteiger partial charge on any atom is -0.282 e. The third-order valence-electron chi connectivity index (χ3n) is 1.60. The molecule has 0 atom stereocenters. The fraction of sp³-hybridized carbons (Fsp3) is 0.333. The fourth-order valence-corrected chi connectivity index (χ4v) is 1.27. The molecule has 0 aliphatic carbocycles. The van der Waals surface area contributed by atoms with Gasteiger partial charge in [0.05, 0.1) is 5.02 Å². The van der Waals surface area contributed by atoms with E-state index in [1.54, 1.807) is 6.92 Å². The average molecular weight is 216 g/mol. The molecule has 0 N–H and O–H groups in total. The van der Waals surface area contributed by atoms with Crippen LogP contribution in [0.3, 0.4) is 0 Å². The van der Waals surface area contributed by atoms with E-state index in [4.69, 9.17) is 11.6 Å². The lowest BCUT2D eigenvalue weighted by atomic mass is 10.4. The van der Waals surface area contributed by atoms with Crippen LogP contribution in [0.1, 0.15) is 19.7 Å². The van der Waals surface area contributed by atoms with Gasteiger partial charge in [-0.3, -0.25) is 4.40 Å². The van der Waals surface area contributed by atoms with Gasteiger partial charge in [0.15, 0.2) is 5.65 Å². The standard InChI is InChI=1S/C7H5ClFN3.C2H6/c1-4-10-11-7-6(8)2-5(9)3-12(4)7;1-2/h2-3H,1H3;1-2H3. The number of nitrogens with zero attached hydrogens (tertiary/aromatic N) is 3. The maximum Gasteiger partial charge on any atom is 0.179 e. The first kappa shape index (κ1) is 10.9. The third kappa shape index (κ3) is 1.85. The zero-order chi connectivity index (χ0) is 10.7. The highest BCUT2D eigenvalue weighted by Crippen LogP contribution is 2.16. The van der Waals surface area contributed by atoms with Crippen molar-refractivity contribution in [3.05, 3.63) is 28.9 Å². The van der Waals surface area contributed by atoms with Crippen LogP contribution in [0.5, 0.6) is 0 Å². The molecule has 0 aliphatic rings. The van der Waals surface area contributed by atoms with Gasteiger partial charge < -0.3 is 0 Å². The van der Waals surface area contributed by atoms with Gasteiger partial charge in [0, 0.05) is 6.20 Å². The van der Waals surface area contributed by atoms with E-state index in [9.17, 15) is 4.39 Å². The van der Waals surface area contributed by atoms with Crippen molar-refractivity contribution in [2.45, 2.75) is 20.8 Å². The quantitative estimate of drug-likeness (QED) is 0.677. The molecule has 5 heteroatoms. The van der Waals surface area contributed by atoms with Gasteiger partial charge in [0.1, 0.15) is 11.6 Å². The van der Waals surface area contributed by atoms with Crippen molar-refractivity contribution in [3.63, 3.8) is 0 Å². The molecule has 14 heavy (non-hydrogen) atoms. The monoisotopic (exact) mass is 215 g/mol. The fourth-order valence-electron chi connectivity index (χ4n) is 1.03. The Balaban J connectivity index is 0.000000461. The molecule has 0 saturated heterocycles. The van der Waals surface area contributed by atoms with Gasteiger partial charge in [0.2, 0.25) is 0 Å². The van der Waals surface area contributed by atoms with Crippen LogP contribution < -0.4 is 0 Å². The van der Waals surface area contributed by atoms with Crippen LogP contribution in [0.25, 0.3) is 5.65 Å². The van der Waals surface area contributed by atoms with Gasteiger partial charge in [-0.05, 0) is 13.0 Å². The molecule has 2 heterocycles. The number of hydrogen-bond acceptors (Lipinski definition) is 2. The van der Waals surface area contributed by atoms with Gasteiger partial charge >= 0.3 is 0 Å². The predicted octanol–water partition coefficient (Wildman–Crippen LogP) is 2.86. The van der Waals surface area contributed by atoms with Crippen molar-refractivity contribution in [3.8, 4) is 0 Å². The summed E-state index contributed by atoms with van der Waals surface area (Å²) in [6.07, 6.45) is 1.30. The second-order valence-corrected chi connectivity index (χ2v) is 2.85. The van der Waals surface area contributed by atoms with E-state index in [0.29, 0.717) is 11.5 Å². The lowest BCUT2D eigenvalue weighted by molar-refractivity contribution is 0.618. The SMILES string of the molecule is CC.Cc1nnc2c(Cl)cc(F)cn12. The Hall–Kier alpha value is -1.16. The average Bonchev–Trinajstić information content (AvgIpc) is 2.52. The zero-order valence-electron chi connectivity index (χ0n) is 8.25. The van der Waals surface area contributed by atoms with Crippen molar-refractivity contribution >= 4 is 17.2 Å². The number of pyridine rings is 1. The second kappa shape index (κ2) is 4.37. The molecule has 76 valence electrons. The Labute approximate surface area is 86.5 Å². The Morgan fingerprint density at radius 1 is 1.36 bits per heavy atom. The molecule has 0 fully saturated rings. The first-order chi connectivity index (χ1) is 6.68. The van der Waals surface area contributed by atoms with Gasteiger partial charge in [-0.25, -0.2) is 4.39 Å². The zero-order valence-corrected chi connectivity index (χ0v) is 9.01. The highest BCUT2D eigenvalue weighted by atomic mass is 35.5. The number of hydrogen-bond donors (Lipinski definition) is 0. The summed E-state index contributed by atoms with van der Waals surface area (Å²) in [7, 11) is 0. The first-order valence-electron chi connectivity index (χ1n) is 4.35. The Kier molecular flexibility index (Phi) is 3.41. The van der Waals surface area contributed by atoms with Crippen molar-refractivity contribution in [2.75, 3.05) is 0 Å². The Bertz CT molecular complexity index is 439. The molecule has 2 aromatic heterocycles. The van der Waals surface area contributed by atoms with E-state index in [-0.39, 0.29) is 5.02 Å².